The van der Waals surface area contributed by atoms with Crippen LogP contribution in [0.25, 0.3) is 0 Å². The van der Waals surface area contributed by atoms with Crippen LogP contribution in [0.5, 0.6) is 0 Å². The first-order chi connectivity index (χ1) is 9.13. The lowest BCUT2D eigenvalue weighted by Gasteiger charge is -2.37. The second-order valence-electron chi connectivity index (χ2n) is 5.10. The smallest absolute Gasteiger partial charge is 0.245 e. The maximum absolute atomic E-state index is 12.4. The average Bonchev–Trinajstić information content (AvgIpc) is 2.47. The first-order valence-electron chi connectivity index (χ1n) is 6.64. The van der Waals surface area contributed by atoms with Crippen molar-refractivity contribution in [3.63, 3.8) is 0 Å². The Morgan fingerprint density at radius 1 is 1.42 bits per heavy atom. The highest BCUT2D eigenvalue weighted by Crippen LogP contribution is 2.26. The van der Waals surface area contributed by atoms with Crippen LogP contribution in [0, 0.1) is 5.92 Å². The number of piperidine rings is 1. The van der Waals surface area contributed by atoms with Gasteiger partial charge in [-0.05, 0) is 17.9 Å². The van der Waals surface area contributed by atoms with Gasteiger partial charge in [0.1, 0.15) is 5.38 Å². The Labute approximate surface area is 119 Å². The van der Waals surface area contributed by atoms with E-state index in [1.165, 1.54) is 0 Å². The Balaban J connectivity index is 2.04. The molecule has 1 aromatic carbocycles. The first-order valence-corrected chi connectivity index (χ1v) is 7.07. The van der Waals surface area contributed by atoms with Crippen LogP contribution in [0.1, 0.15) is 24.3 Å². The number of ether oxygens (including phenoxy) is 1. The van der Waals surface area contributed by atoms with Gasteiger partial charge in [-0.3, -0.25) is 4.79 Å². The van der Waals surface area contributed by atoms with E-state index in [1.54, 1.807) is 7.11 Å². The molecule has 1 fully saturated rings. The second kappa shape index (κ2) is 6.40. The molecule has 104 valence electrons. The zero-order valence-corrected chi connectivity index (χ0v) is 12.1. The molecule has 0 aromatic heterocycles. The maximum Gasteiger partial charge on any atom is 0.245 e. The molecular formula is C15H20ClNO2. The summed E-state index contributed by atoms with van der Waals surface area (Å²) in [7, 11) is 1.70. The van der Waals surface area contributed by atoms with Crippen LogP contribution in [0.3, 0.4) is 0 Å². The van der Waals surface area contributed by atoms with Gasteiger partial charge in [-0.15, -0.1) is 11.6 Å². The molecule has 1 saturated heterocycles. The fourth-order valence-electron chi connectivity index (χ4n) is 2.47. The summed E-state index contributed by atoms with van der Waals surface area (Å²) in [5.41, 5.74) is 0.849. The number of carbonyl (C=O) groups is 1. The third-order valence-electron chi connectivity index (χ3n) is 3.81. The van der Waals surface area contributed by atoms with E-state index in [1.807, 2.05) is 35.2 Å². The van der Waals surface area contributed by atoms with E-state index < -0.39 is 5.38 Å². The molecule has 3 atom stereocenters. The summed E-state index contributed by atoms with van der Waals surface area (Å²) in [6, 6.07) is 9.48. The molecule has 2 rings (SSSR count). The molecule has 4 heteroatoms. The van der Waals surface area contributed by atoms with Gasteiger partial charge in [0.25, 0.3) is 0 Å². The number of halogens is 1. The van der Waals surface area contributed by atoms with Crippen LogP contribution < -0.4 is 0 Å². The molecular weight excluding hydrogens is 262 g/mol. The van der Waals surface area contributed by atoms with Crippen molar-refractivity contribution in [2.45, 2.75) is 24.8 Å². The van der Waals surface area contributed by atoms with Gasteiger partial charge in [-0.1, -0.05) is 37.3 Å². The minimum Gasteiger partial charge on any atom is -0.379 e. The van der Waals surface area contributed by atoms with Gasteiger partial charge in [0.15, 0.2) is 0 Å². The van der Waals surface area contributed by atoms with Gasteiger partial charge in [-0.2, -0.15) is 0 Å². The summed E-state index contributed by atoms with van der Waals surface area (Å²) in [5.74, 6) is 0.460. The largest absolute Gasteiger partial charge is 0.379 e. The zero-order chi connectivity index (χ0) is 13.8. The molecule has 0 N–H and O–H groups in total. The molecule has 0 radical (unpaired) electrons. The number of amides is 1. The highest BCUT2D eigenvalue weighted by molar-refractivity contribution is 6.30. The molecule has 1 amide bonds. The van der Waals surface area contributed by atoms with Gasteiger partial charge in [0, 0.05) is 20.2 Å². The molecule has 0 saturated carbocycles. The highest BCUT2D eigenvalue weighted by Gasteiger charge is 2.31. The number of methoxy groups -OCH3 is 1. The Bertz CT molecular complexity index is 423. The maximum atomic E-state index is 12.4. The molecule has 0 aliphatic carbocycles. The number of hydrogen-bond acceptors (Lipinski definition) is 2. The van der Waals surface area contributed by atoms with Crippen LogP contribution in [0.4, 0.5) is 0 Å². The minimum atomic E-state index is -0.605. The van der Waals surface area contributed by atoms with Crippen LogP contribution >= 0.6 is 11.6 Å². The Kier molecular flexibility index (Phi) is 4.83. The van der Waals surface area contributed by atoms with Crippen molar-refractivity contribution in [1.82, 2.24) is 4.90 Å². The monoisotopic (exact) mass is 281 g/mol. The van der Waals surface area contributed by atoms with Crippen LogP contribution in [0.15, 0.2) is 30.3 Å². The van der Waals surface area contributed by atoms with Gasteiger partial charge < -0.3 is 9.64 Å². The molecule has 1 aromatic rings. The van der Waals surface area contributed by atoms with E-state index in [0.717, 1.165) is 18.5 Å². The fraction of sp³-hybridized carbons (Fsp3) is 0.533. The molecule has 0 spiro atoms. The number of likely N-dealkylation sites (tertiary alicyclic amines) is 1. The van der Waals surface area contributed by atoms with Crippen molar-refractivity contribution < 1.29 is 9.53 Å². The molecule has 0 bridgehead atoms. The number of carbonyl (C=O) groups excluding carboxylic acids is 1. The standard InChI is InChI=1S/C15H20ClNO2/c1-11-8-9-17(10-13(11)19-2)15(18)14(16)12-6-4-3-5-7-12/h3-7,11,13-14H,8-10H2,1-2H3. The zero-order valence-electron chi connectivity index (χ0n) is 11.4. The summed E-state index contributed by atoms with van der Waals surface area (Å²) in [6.45, 7) is 3.55. The van der Waals surface area contributed by atoms with Crippen molar-refractivity contribution >= 4 is 17.5 Å². The topological polar surface area (TPSA) is 29.5 Å². The summed E-state index contributed by atoms with van der Waals surface area (Å²) >= 11 is 6.29. The first kappa shape index (κ1) is 14.4. The quantitative estimate of drug-likeness (QED) is 0.798. The normalized spacial score (nSPS) is 25.1. The number of benzene rings is 1. The third-order valence-corrected chi connectivity index (χ3v) is 4.25. The van der Waals surface area contributed by atoms with Crippen molar-refractivity contribution in [2.24, 2.45) is 5.92 Å². The van der Waals surface area contributed by atoms with E-state index in [0.29, 0.717) is 12.5 Å². The average molecular weight is 282 g/mol. The van der Waals surface area contributed by atoms with Gasteiger partial charge >= 0.3 is 0 Å². The molecule has 1 heterocycles. The number of alkyl halides is 1. The van der Waals surface area contributed by atoms with Gasteiger partial charge in [0.05, 0.1) is 6.10 Å². The minimum absolute atomic E-state index is 0.0261. The fourth-order valence-corrected chi connectivity index (χ4v) is 2.75. The van der Waals surface area contributed by atoms with Crippen molar-refractivity contribution in [3.8, 4) is 0 Å². The van der Waals surface area contributed by atoms with E-state index >= 15 is 0 Å². The van der Waals surface area contributed by atoms with Crippen molar-refractivity contribution in [1.29, 1.82) is 0 Å². The lowest BCUT2D eigenvalue weighted by molar-refractivity contribution is -0.135. The summed E-state index contributed by atoms with van der Waals surface area (Å²) in [4.78, 5) is 14.2. The van der Waals surface area contributed by atoms with Gasteiger partial charge in [0.2, 0.25) is 5.91 Å². The highest BCUT2D eigenvalue weighted by atomic mass is 35.5. The predicted molar refractivity (Wildman–Crippen MR) is 76.2 cm³/mol. The van der Waals surface area contributed by atoms with Crippen molar-refractivity contribution in [2.75, 3.05) is 20.2 Å². The lowest BCUT2D eigenvalue weighted by atomic mass is 9.95. The van der Waals surface area contributed by atoms with E-state index in [9.17, 15) is 4.79 Å². The van der Waals surface area contributed by atoms with E-state index in [4.69, 9.17) is 16.3 Å². The molecule has 3 unspecified atom stereocenters. The molecule has 1 aliphatic heterocycles. The van der Waals surface area contributed by atoms with E-state index in [-0.39, 0.29) is 12.0 Å². The van der Waals surface area contributed by atoms with E-state index in [2.05, 4.69) is 6.92 Å². The number of nitrogens with zero attached hydrogens (tertiary/aromatic N) is 1. The number of hydrogen-bond donors (Lipinski definition) is 0. The predicted octanol–water partition coefficient (Wildman–Crippen LogP) is 2.85. The Morgan fingerprint density at radius 3 is 2.74 bits per heavy atom. The van der Waals surface area contributed by atoms with Crippen LogP contribution in [-0.2, 0) is 9.53 Å². The summed E-state index contributed by atoms with van der Waals surface area (Å²) < 4.78 is 5.43. The third kappa shape index (κ3) is 3.28. The van der Waals surface area contributed by atoms with Crippen LogP contribution in [0.2, 0.25) is 0 Å². The SMILES string of the molecule is COC1CN(C(=O)C(Cl)c2ccccc2)CCC1C. The summed E-state index contributed by atoms with van der Waals surface area (Å²) in [5, 5.41) is -0.605. The molecule has 1 aliphatic rings. The second-order valence-corrected chi connectivity index (χ2v) is 5.53. The summed E-state index contributed by atoms with van der Waals surface area (Å²) in [6.07, 6.45) is 1.07. The molecule has 3 nitrogen and oxygen atoms in total. The number of rotatable bonds is 3. The van der Waals surface area contributed by atoms with Crippen molar-refractivity contribution in [3.05, 3.63) is 35.9 Å². The Hall–Kier alpha value is -1.06. The molecule has 19 heavy (non-hydrogen) atoms. The van der Waals surface area contributed by atoms with Gasteiger partial charge in [-0.25, -0.2) is 0 Å². The Morgan fingerprint density at radius 2 is 2.11 bits per heavy atom. The van der Waals surface area contributed by atoms with Crippen LogP contribution in [-0.4, -0.2) is 37.1 Å². The lowest BCUT2D eigenvalue weighted by Crippen LogP contribution is -2.47.